The second-order valence-electron chi connectivity index (χ2n) is 11.1. The lowest BCUT2D eigenvalue weighted by Crippen LogP contribution is -2.57. The first-order chi connectivity index (χ1) is 23.0. The van der Waals surface area contributed by atoms with Gasteiger partial charge in [-0.25, -0.2) is 4.79 Å². The van der Waals surface area contributed by atoms with Crippen LogP contribution in [-0.2, 0) is 16.4 Å². The van der Waals surface area contributed by atoms with E-state index in [1.165, 1.54) is 20.6 Å². The van der Waals surface area contributed by atoms with Crippen molar-refractivity contribution in [3.8, 4) is 5.75 Å². The number of carbonyl (C=O) groups excluding carboxylic acids is 1. The fraction of sp³-hybridized carbons (Fsp3) is 0.355. The number of amidine groups is 1. The van der Waals surface area contributed by atoms with Crippen LogP contribution < -0.4 is 9.46 Å². The van der Waals surface area contributed by atoms with Crippen LogP contribution in [0.25, 0.3) is 0 Å². The molecule has 1 N–H and O–H groups in total. The number of halogens is 8. The fourth-order valence-electron chi connectivity index (χ4n) is 5.55. The second kappa shape index (κ2) is 14.3. The first-order valence-corrected chi connectivity index (χ1v) is 17.0. The Bertz CT molecular complexity index is 1800. The molecule has 0 saturated carbocycles. The molecule has 2 aliphatic rings. The molecule has 1 saturated heterocycles. The third-order valence-corrected chi connectivity index (χ3v) is 9.91. The number of hydrogen-bond acceptors (Lipinski definition) is 5. The average Bonchev–Trinajstić information content (AvgIpc) is 3.44. The number of alkyl halides is 6. The van der Waals surface area contributed by atoms with E-state index in [4.69, 9.17) is 32.9 Å². The van der Waals surface area contributed by atoms with Gasteiger partial charge in [-0.15, -0.1) is 0 Å². The molecule has 1 fully saturated rings. The normalized spacial score (nSPS) is 19.2. The van der Waals surface area contributed by atoms with E-state index in [0.717, 1.165) is 16.4 Å². The van der Waals surface area contributed by atoms with E-state index < -0.39 is 52.8 Å². The molecule has 0 spiro atoms. The highest BCUT2D eigenvalue weighted by Gasteiger charge is 2.46. The van der Waals surface area contributed by atoms with E-state index in [9.17, 15) is 39.6 Å². The van der Waals surface area contributed by atoms with Crippen molar-refractivity contribution in [3.63, 3.8) is 0 Å². The van der Waals surface area contributed by atoms with Crippen LogP contribution in [0.1, 0.15) is 41.3 Å². The molecule has 2 heterocycles. The van der Waals surface area contributed by atoms with Gasteiger partial charge in [-0.1, -0.05) is 47.5 Å². The number of urea groups is 1. The summed E-state index contributed by atoms with van der Waals surface area (Å²) >= 11 is 12.3. The standard InChI is InChI=1S/C31H29Cl2F6N5O4S/c1-2-48-25-17-21(31(37,38)39)7-12-24(25)28-41-26(19-3-8-22(32)9-4-19)27(20-5-10-23(33)11-6-20)44(28)29(45)42-13-15-43(16-14-42)49(46,47)40-18-30(34,35)36/h3-12,17,26-27,40H,2,13-16,18H2,1H3. The number of amides is 2. The molecule has 3 aromatic rings. The Morgan fingerprint density at radius 3 is 2.00 bits per heavy atom. The lowest BCUT2D eigenvalue weighted by atomic mass is 9.93. The van der Waals surface area contributed by atoms with Gasteiger partial charge in [-0.3, -0.25) is 9.89 Å². The third kappa shape index (κ3) is 8.43. The smallest absolute Gasteiger partial charge is 0.416 e. The third-order valence-electron chi connectivity index (χ3n) is 7.85. The zero-order chi connectivity index (χ0) is 35.7. The SMILES string of the molecule is CCOc1cc(C(F)(F)F)ccc1C1=NC(c2ccc(Cl)cc2)C(c2ccc(Cl)cc2)N1C(=O)N1CCN(S(=O)(=O)NCC(F)(F)F)CC1. The number of ether oxygens (including phenoxy) is 1. The number of hydrogen-bond donors (Lipinski definition) is 1. The predicted octanol–water partition coefficient (Wildman–Crippen LogP) is 7.09. The van der Waals surface area contributed by atoms with Crippen LogP contribution >= 0.6 is 23.2 Å². The zero-order valence-corrected chi connectivity index (χ0v) is 27.9. The van der Waals surface area contributed by atoms with Gasteiger partial charge < -0.3 is 9.64 Å². The minimum absolute atomic E-state index is 0.00439. The molecular weight excluding hydrogens is 723 g/mol. The molecular formula is C31H29Cl2F6N5O4S. The van der Waals surface area contributed by atoms with Crippen LogP contribution in [0.15, 0.2) is 71.7 Å². The highest BCUT2D eigenvalue weighted by atomic mass is 35.5. The lowest BCUT2D eigenvalue weighted by molar-refractivity contribution is -0.137. The Labute approximate surface area is 288 Å². The molecule has 2 aliphatic heterocycles. The van der Waals surface area contributed by atoms with Crippen LogP contribution in [0.5, 0.6) is 5.75 Å². The molecule has 49 heavy (non-hydrogen) atoms. The van der Waals surface area contributed by atoms with Gasteiger partial charge in [0, 0.05) is 36.2 Å². The first-order valence-electron chi connectivity index (χ1n) is 14.8. The van der Waals surface area contributed by atoms with E-state index in [-0.39, 0.29) is 49.9 Å². The molecule has 264 valence electrons. The van der Waals surface area contributed by atoms with Gasteiger partial charge in [-0.2, -0.15) is 43.8 Å². The maximum atomic E-state index is 14.5. The van der Waals surface area contributed by atoms with Crippen molar-refractivity contribution in [2.24, 2.45) is 4.99 Å². The monoisotopic (exact) mass is 751 g/mol. The molecule has 2 amide bonds. The van der Waals surface area contributed by atoms with Crippen molar-refractivity contribution in [2.75, 3.05) is 39.3 Å². The average molecular weight is 753 g/mol. The number of nitrogens with one attached hydrogen (secondary N) is 1. The summed E-state index contributed by atoms with van der Waals surface area (Å²) in [7, 11) is -4.52. The van der Waals surface area contributed by atoms with E-state index in [0.29, 0.717) is 21.2 Å². The first kappa shape index (κ1) is 36.7. The Morgan fingerprint density at radius 1 is 0.898 bits per heavy atom. The number of aliphatic imine (C=N–C) groups is 1. The second-order valence-corrected chi connectivity index (χ2v) is 13.7. The molecule has 9 nitrogen and oxygen atoms in total. The van der Waals surface area contributed by atoms with Gasteiger partial charge in [0.2, 0.25) is 0 Å². The number of carbonyl (C=O) groups is 1. The molecule has 18 heteroatoms. The molecule has 3 aromatic carbocycles. The van der Waals surface area contributed by atoms with Crippen molar-refractivity contribution >= 4 is 45.3 Å². The van der Waals surface area contributed by atoms with Gasteiger partial charge in [-0.05, 0) is 60.5 Å². The quantitative estimate of drug-likeness (QED) is 0.249. The molecule has 0 bridgehead atoms. The molecule has 2 atom stereocenters. The van der Waals surface area contributed by atoms with Gasteiger partial charge in [0.15, 0.2) is 0 Å². The lowest BCUT2D eigenvalue weighted by Gasteiger charge is -2.38. The fourth-order valence-corrected chi connectivity index (χ4v) is 6.97. The van der Waals surface area contributed by atoms with Crippen LogP contribution in [0, 0.1) is 0 Å². The number of rotatable bonds is 8. The van der Waals surface area contributed by atoms with Crippen LogP contribution in [0.3, 0.4) is 0 Å². The van der Waals surface area contributed by atoms with Crippen LogP contribution in [0.2, 0.25) is 10.0 Å². The van der Waals surface area contributed by atoms with Gasteiger partial charge >= 0.3 is 18.4 Å². The van der Waals surface area contributed by atoms with E-state index in [2.05, 4.69) is 0 Å². The summed E-state index contributed by atoms with van der Waals surface area (Å²) < 4.78 is 112. The van der Waals surface area contributed by atoms with E-state index >= 15 is 0 Å². The zero-order valence-electron chi connectivity index (χ0n) is 25.6. The highest BCUT2D eigenvalue weighted by molar-refractivity contribution is 7.87. The van der Waals surface area contributed by atoms with Gasteiger partial charge in [0.05, 0.1) is 23.8 Å². The number of piperazine rings is 1. The minimum atomic E-state index is -4.77. The minimum Gasteiger partial charge on any atom is -0.493 e. The number of nitrogens with zero attached hydrogens (tertiary/aromatic N) is 4. The molecule has 0 radical (unpaired) electrons. The van der Waals surface area contributed by atoms with E-state index in [1.54, 1.807) is 55.5 Å². The summed E-state index contributed by atoms with van der Waals surface area (Å²) in [4.78, 5) is 22.1. The Hall–Kier alpha value is -3.57. The van der Waals surface area contributed by atoms with Crippen LogP contribution in [-0.4, -0.2) is 79.9 Å². The van der Waals surface area contributed by atoms with Crippen molar-refractivity contribution < 1.29 is 44.3 Å². The number of benzene rings is 3. The Kier molecular flexibility index (Phi) is 10.7. The van der Waals surface area contributed by atoms with Crippen molar-refractivity contribution in [1.29, 1.82) is 0 Å². The van der Waals surface area contributed by atoms with Crippen LogP contribution in [0.4, 0.5) is 31.1 Å². The largest absolute Gasteiger partial charge is 0.493 e. The molecule has 0 aromatic heterocycles. The summed E-state index contributed by atoms with van der Waals surface area (Å²) in [5, 5.41) is 0.836. The molecule has 5 rings (SSSR count). The van der Waals surface area contributed by atoms with Gasteiger partial charge in [0.25, 0.3) is 10.2 Å². The summed E-state index contributed by atoms with van der Waals surface area (Å²) in [6.07, 6.45) is -9.46. The van der Waals surface area contributed by atoms with Crippen molar-refractivity contribution in [2.45, 2.75) is 31.4 Å². The molecule has 2 unspecified atom stereocenters. The van der Waals surface area contributed by atoms with E-state index in [1.807, 2.05) is 0 Å². The highest BCUT2D eigenvalue weighted by Crippen LogP contribution is 2.46. The summed E-state index contributed by atoms with van der Waals surface area (Å²) in [6, 6.07) is 13.8. The summed E-state index contributed by atoms with van der Waals surface area (Å²) in [5.74, 6) is -0.184. The van der Waals surface area contributed by atoms with Gasteiger partial charge in [0.1, 0.15) is 24.2 Å². The Morgan fingerprint density at radius 2 is 1.47 bits per heavy atom. The summed E-state index contributed by atoms with van der Waals surface area (Å²) in [5.41, 5.74) is 0.305. The summed E-state index contributed by atoms with van der Waals surface area (Å²) in [6.45, 7) is -1.24. The van der Waals surface area contributed by atoms with Crippen molar-refractivity contribution in [1.82, 2.24) is 18.8 Å². The maximum absolute atomic E-state index is 14.5. The maximum Gasteiger partial charge on any atom is 0.416 e. The topological polar surface area (TPSA) is 94.6 Å². The Balaban J connectivity index is 1.58. The molecule has 0 aliphatic carbocycles. The van der Waals surface area contributed by atoms with Crippen molar-refractivity contribution in [3.05, 3.63) is 99.0 Å². The predicted molar refractivity (Wildman–Crippen MR) is 171 cm³/mol.